The maximum Gasteiger partial charge on any atom is 0.325 e. The molecule has 2 aromatic heterocycles. The molecule has 1 aliphatic rings. The van der Waals surface area contributed by atoms with Crippen LogP contribution in [0.4, 0.5) is 0 Å². The summed E-state index contributed by atoms with van der Waals surface area (Å²) < 4.78 is 0. The van der Waals surface area contributed by atoms with Gasteiger partial charge in [0.2, 0.25) is 0 Å². The van der Waals surface area contributed by atoms with Gasteiger partial charge >= 0.3 is 5.69 Å². The molecule has 4 aromatic rings. The Morgan fingerprint density at radius 1 is 0.964 bits per heavy atom. The van der Waals surface area contributed by atoms with Crippen molar-refractivity contribution in [3.8, 4) is 11.3 Å². The SMILES string of the molecule is Cc1nnc(-c2c[nH]c(=O)[nH]c2=O)cc1[C@H]1C[C@@H]1c1cccc2ccccc12. The van der Waals surface area contributed by atoms with Gasteiger partial charge in [-0.15, -0.1) is 5.10 Å². The second kappa shape index (κ2) is 6.27. The standard InChI is InChI=1S/C22H18N4O2/c1-12-16(10-20(26-25-12)19-11-23-22(28)24-21(19)27)18-9-17(18)15-8-4-6-13-5-2-3-7-14(13)15/h2-8,10-11,17-18H,9H2,1H3,(H2,23,24,27,28)/t17-,18-/m1/s1. The van der Waals surface area contributed by atoms with Gasteiger partial charge in [0.1, 0.15) is 5.69 Å². The molecule has 2 aromatic carbocycles. The molecule has 5 rings (SSSR count). The molecule has 1 saturated carbocycles. The van der Waals surface area contributed by atoms with Gasteiger partial charge in [0.25, 0.3) is 5.56 Å². The lowest BCUT2D eigenvalue weighted by Gasteiger charge is -2.09. The summed E-state index contributed by atoms with van der Waals surface area (Å²) >= 11 is 0. The Morgan fingerprint density at radius 3 is 2.61 bits per heavy atom. The minimum Gasteiger partial charge on any atom is -0.313 e. The summed E-state index contributed by atoms with van der Waals surface area (Å²) in [6, 6.07) is 16.8. The van der Waals surface area contributed by atoms with E-state index in [1.807, 2.05) is 13.0 Å². The normalized spacial score (nSPS) is 18.3. The Balaban J connectivity index is 1.54. The molecule has 2 heterocycles. The summed E-state index contributed by atoms with van der Waals surface area (Å²) in [7, 11) is 0. The van der Waals surface area contributed by atoms with Crippen LogP contribution in [0.1, 0.15) is 35.1 Å². The van der Waals surface area contributed by atoms with Crippen LogP contribution in [0.25, 0.3) is 22.0 Å². The topological polar surface area (TPSA) is 91.5 Å². The summed E-state index contributed by atoms with van der Waals surface area (Å²) in [5, 5.41) is 11.0. The highest BCUT2D eigenvalue weighted by molar-refractivity contribution is 5.86. The highest BCUT2D eigenvalue weighted by atomic mass is 16.2. The number of benzene rings is 2. The van der Waals surface area contributed by atoms with Gasteiger partial charge < -0.3 is 4.98 Å². The van der Waals surface area contributed by atoms with E-state index in [1.165, 1.54) is 22.5 Å². The average Bonchev–Trinajstić information content (AvgIpc) is 3.49. The molecule has 138 valence electrons. The number of aromatic nitrogens is 4. The van der Waals surface area contributed by atoms with Gasteiger partial charge in [-0.2, -0.15) is 5.10 Å². The van der Waals surface area contributed by atoms with Crippen molar-refractivity contribution in [2.75, 3.05) is 0 Å². The molecule has 1 aliphatic carbocycles. The Hall–Kier alpha value is -3.54. The van der Waals surface area contributed by atoms with E-state index in [0.29, 0.717) is 23.1 Å². The van der Waals surface area contributed by atoms with Gasteiger partial charge in [0.05, 0.1) is 11.3 Å². The van der Waals surface area contributed by atoms with E-state index in [2.05, 4.69) is 62.6 Å². The van der Waals surface area contributed by atoms with Crippen LogP contribution in [0.5, 0.6) is 0 Å². The largest absolute Gasteiger partial charge is 0.325 e. The number of nitrogens with zero attached hydrogens (tertiary/aromatic N) is 2. The zero-order valence-corrected chi connectivity index (χ0v) is 15.3. The van der Waals surface area contributed by atoms with Crippen LogP contribution in [-0.2, 0) is 0 Å². The van der Waals surface area contributed by atoms with Crippen LogP contribution in [-0.4, -0.2) is 20.2 Å². The maximum absolute atomic E-state index is 12.1. The molecule has 2 atom stereocenters. The third-order valence-electron chi connectivity index (χ3n) is 5.53. The molecular weight excluding hydrogens is 352 g/mol. The molecule has 6 heteroatoms. The summed E-state index contributed by atoms with van der Waals surface area (Å²) in [6.07, 6.45) is 2.43. The fraction of sp³-hybridized carbons (Fsp3) is 0.182. The zero-order valence-electron chi connectivity index (χ0n) is 15.3. The van der Waals surface area contributed by atoms with Gasteiger partial charge in [0, 0.05) is 6.20 Å². The van der Waals surface area contributed by atoms with Crippen molar-refractivity contribution in [2.24, 2.45) is 0 Å². The van der Waals surface area contributed by atoms with Gasteiger partial charge in [-0.25, -0.2) is 4.79 Å². The number of hydrogen-bond acceptors (Lipinski definition) is 4. The Labute approximate surface area is 160 Å². The quantitative estimate of drug-likeness (QED) is 0.579. The van der Waals surface area contributed by atoms with E-state index in [1.54, 1.807) is 0 Å². The predicted octanol–water partition coefficient (Wildman–Crippen LogP) is 3.25. The van der Waals surface area contributed by atoms with E-state index >= 15 is 0 Å². The second-order valence-electron chi connectivity index (χ2n) is 7.27. The van der Waals surface area contributed by atoms with Gasteiger partial charge in [0.15, 0.2) is 0 Å². The summed E-state index contributed by atoms with van der Waals surface area (Å²) in [5.74, 6) is 0.776. The minimum absolute atomic E-state index is 0.315. The number of hydrogen-bond donors (Lipinski definition) is 2. The maximum atomic E-state index is 12.1. The number of nitrogens with one attached hydrogen (secondary N) is 2. The Kier molecular flexibility index (Phi) is 3.72. The van der Waals surface area contributed by atoms with Crippen LogP contribution in [0, 0.1) is 6.92 Å². The van der Waals surface area contributed by atoms with Crippen LogP contribution < -0.4 is 11.2 Å². The van der Waals surface area contributed by atoms with Crippen LogP contribution >= 0.6 is 0 Å². The number of rotatable bonds is 3. The zero-order chi connectivity index (χ0) is 19.3. The Morgan fingerprint density at radius 2 is 1.75 bits per heavy atom. The molecule has 2 N–H and O–H groups in total. The van der Waals surface area contributed by atoms with Crippen molar-refractivity contribution in [2.45, 2.75) is 25.2 Å². The highest BCUT2D eigenvalue weighted by Crippen LogP contribution is 2.56. The number of H-pyrrole nitrogens is 2. The van der Waals surface area contributed by atoms with E-state index in [-0.39, 0.29) is 0 Å². The molecule has 28 heavy (non-hydrogen) atoms. The first kappa shape index (κ1) is 16.6. The molecule has 0 unspecified atom stereocenters. The molecule has 0 spiro atoms. The average molecular weight is 370 g/mol. The lowest BCUT2D eigenvalue weighted by Crippen LogP contribution is -2.23. The summed E-state index contributed by atoms with van der Waals surface area (Å²) in [6.45, 7) is 1.95. The number of aryl methyl sites for hydroxylation is 1. The molecule has 0 radical (unpaired) electrons. The third kappa shape index (κ3) is 2.74. The molecule has 0 bridgehead atoms. The molecular formula is C22H18N4O2. The lowest BCUT2D eigenvalue weighted by molar-refractivity contribution is 0.913. The number of fused-ring (bicyclic) bond motifs is 1. The predicted molar refractivity (Wildman–Crippen MR) is 107 cm³/mol. The van der Waals surface area contributed by atoms with E-state index in [9.17, 15) is 9.59 Å². The van der Waals surface area contributed by atoms with Crippen LogP contribution in [0.3, 0.4) is 0 Å². The second-order valence-corrected chi connectivity index (χ2v) is 7.27. The van der Waals surface area contributed by atoms with Crippen LogP contribution in [0.2, 0.25) is 0 Å². The fourth-order valence-electron chi connectivity index (χ4n) is 4.03. The van der Waals surface area contributed by atoms with E-state index in [4.69, 9.17) is 0 Å². The van der Waals surface area contributed by atoms with Gasteiger partial charge in [-0.3, -0.25) is 9.78 Å². The lowest BCUT2D eigenvalue weighted by atomic mass is 9.98. The van der Waals surface area contributed by atoms with Gasteiger partial charge in [-0.1, -0.05) is 42.5 Å². The molecule has 6 nitrogen and oxygen atoms in total. The fourth-order valence-corrected chi connectivity index (χ4v) is 4.03. The first-order valence-electron chi connectivity index (χ1n) is 9.26. The van der Waals surface area contributed by atoms with Crippen molar-refractivity contribution in [1.29, 1.82) is 0 Å². The van der Waals surface area contributed by atoms with Crippen molar-refractivity contribution in [3.63, 3.8) is 0 Å². The van der Waals surface area contributed by atoms with E-state index in [0.717, 1.165) is 17.7 Å². The van der Waals surface area contributed by atoms with Crippen molar-refractivity contribution < 1.29 is 0 Å². The third-order valence-corrected chi connectivity index (χ3v) is 5.53. The highest BCUT2D eigenvalue weighted by Gasteiger charge is 2.41. The van der Waals surface area contributed by atoms with Crippen LogP contribution in [0.15, 0.2) is 64.3 Å². The summed E-state index contributed by atoms with van der Waals surface area (Å²) in [5.41, 5.74) is 3.12. The number of aromatic amines is 2. The smallest absolute Gasteiger partial charge is 0.313 e. The molecule has 0 amide bonds. The molecule has 0 aliphatic heterocycles. The van der Waals surface area contributed by atoms with Crippen molar-refractivity contribution in [1.82, 2.24) is 20.2 Å². The molecule has 1 fully saturated rings. The Bertz CT molecular complexity index is 1320. The van der Waals surface area contributed by atoms with Gasteiger partial charge in [-0.05, 0) is 53.1 Å². The molecule has 0 saturated heterocycles. The first-order valence-corrected chi connectivity index (χ1v) is 9.26. The van der Waals surface area contributed by atoms with Crippen molar-refractivity contribution in [3.05, 3.63) is 92.4 Å². The van der Waals surface area contributed by atoms with Crippen molar-refractivity contribution >= 4 is 10.8 Å². The summed E-state index contributed by atoms with van der Waals surface area (Å²) in [4.78, 5) is 28.1. The minimum atomic E-state index is -0.535. The monoisotopic (exact) mass is 370 g/mol. The first-order chi connectivity index (χ1) is 13.6. The van der Waals surface area contributed by atoms with E-state index < -0.39 is 11.2 Å².